The molecular formula is C36H48N4O5. The molecule has 1 saturated heterocycles. The van der Waals surface area contributed by atoms with Gasteiger partial charge in [0.15, 0.2) is 6.10 Å². The zero-order valence-corrected chi connectivity index (χ0v) is 27.7. The van der Waals surface area contributed by atoms with Gasteiger partial charge >= 0.3 is 5.97 Å². The van der Waals surface area contributed by atoms with E-state index >= 15 is 0 Å². The predicted octanol–water partition coefficient (Wildman–Crippen LogP) is 6.74. The summed E-state index contributed by atoms with van der Waals surface area (Å²) in [6.45, 7) is 19.9. The highest BCUT2D eigenvalue weighted by Gasteiger charge is 2.37. The Kier molecular flexibility index (Phi) is 10.8. The topological polar surface area (TPSA) is 94.4 Å². The van der Waals surface area contributed by atoms with Crippen LogP contribution in [0.2, 0.25) is 0 Å². The van der Waals surface area contributed by atoms with Gasteiger partial charge in [0.05, 0.1) is 12.7 Å². The molecule has 1 atom stereocenters. The molecule has 242 valence electrons. The summed E-state index contributed by atoms with van der Waals surface area (Å²) < 4.78 is 19.3. The number of fused-ring (bicyclic) bond motifs is 1. The minimum atomic E-state index is -0.963. The summed E-state index contributed by atoms with van der Waals surface area (Å²) in [4.78, 5) is 33.8. The molecule has 1 aliphatic rings. The number of carbonyl (C=O) groups excluding carboxylic acids is 2. The van der Waals surface area contributed by atoms with Crippen molar-refractivity contribution in [2.24, 2.45) is 5.41 Å². The number of ether oxygens (including phenoxy) is 3. The Morgan fingerprint density at radius 1 is 1.16 bits per heavy atom. The minimum Gasteiger partial charge on any atom is -0.489 e. The molecule has 0 aliphatic carbocycles. The quantitative estimate of drug-likeness (QED) is 0.168. The van der Waals surface area contributed by atoms with Crippen LogP contribution >= 0.6 is 0 Å². The van der Waals surface area contributed by atoms with Crippen LogP contribution < -0.4 is 15.0 Å². The van der Waals surface area contributed by atoms with E-state index in [-0.39, 0.29) is 23.6 Å². The second kappa shape index (κ2) is 14.3. The van der Waals surface area contributed by atoms with Gasteiger partial charge in [-0.25, -0.2) is 9.78 Å². The van der Waals surface area contributed by atoms with Gasteiger partial charge in [0.25, 0.3) is 5.91 Å². The van der Waals surface area contributed by atoms with Crippen LogP contribution in [0.25, 0.3) is 5.65 Å². The number of aromatic nitrogens is 2. The number of hydrogen-bond acceptors (Lipinski definition) is 7. The predicted molar refractivity (Wildman–Crippen MR) is 178 cm³/mol. The second-order valence-electron chi connectivity index (χ2n) is 13.1. The molecule has 0 saturated carbocycles. The van der Waals surface area contributed by atoms with E-state index in [0.717, 1.165) is 61.3 Å². The maximum Gasteiger partial charge on any atom is 0.339 e. The highest BCUT2D eigenvalue weighted by Crippen LogP contribution is 2.41. The lowest BCUT2D eigenvalue weighted by Crippen LogP contribution is -2.41. The molecule has 1 fully saturated rings. The van der Waals surface area contributed by atoms with Crippen LogP contribution in [-0.4, -0.2) is 53.7 Å². The van der Waals surface area contributed by atoms with Gasteiger partial charge in [0.2, 0.25) is 0 Å². The maximum atomic E-state index is 13.5. The highest BCUT2D eigenvalue weighted by molar-refractivity contribution is 5.93. The third-order valence-corrected chi connectivity index (χ3v) is 8.35. The third-order valence-electron chi connectivity index (χ3n) is 8.35. The first kappa shape index (κ1) is 33.8. The standard InChI is InChI=1S/C36H48N4O5/c1-9-11-16-36(7)17-19-39(20-18-36)33-30(31(34(42)43-8)45-35(4,5)6)25(3)22-29-38-27(24-40(29)33)32(41)37-23-26-14-12-13-15-28(26)44-21-10-2/h9-10,12-15,22,24,31H,1-2,11,16-21,23H2,3-8H3,(H,37,41). The van der Waals surface area contributed by atoms with Crippen molar-refractivity contribution in [1.82, 2.24) is 14.7 Å². The average molecular weight is 617 g/mol. The fraction of sp³-hybridized carbons (Fsp3) is 0.472. The summed E-state index contributed by atoms with van der Waals surface area (Å²) in [7, 11) is 1.38. The summed E-state index contributed by atoms with van der Waals surface area (Å²) in [6.07, 6.45) is 8.47. The van der Waals surface area contributed by atoms with E-state index in [1.807, 2.05) is 68.5 Å². The number of hydrogen-bond donors (Lipinski definition) is 1. The minimum absolute atomic E-state index is 0.198. The number of esters is 1. The fourth-order valence-electron chi connectivity index (χ4n) is 5.85. The number of nitrogens with one attached hydrogen (secondary N) is 1. The first-order valence-corrected chi connectivity index (χ1v) is 15.6. The van der Waals surface area contributed by atoms with Crippen molar-refractivity contribution >= 4 is 23.3 Å². The number of allylic oxidation sites excluding steroid dienone is 1. The van der Waals surface area contributed by atoms with Crippen LogP contribution in [0, 0.1) is 12.3 Å². The number of aryl methyl sites for hydroxylation is 1. The fourth-order valence-corrected chi connectivity index (χ4v) is 5.85. The Labute approximate surface area is 267 Å². The number of anilines is 1. The van der Waals surface area contributed by atoms with Gasteiger partial charge in [-0.15, -0.1) is 6.58 Å². The van der Waals surface area contributed by atoms with Crippen molar-refractivity contribution in [3.63, 3.8) is 0 Å². The summed E-state index contributed by atoms with van der Waals surface area (Å²) in [5, 5.41) is 2.99. The number of nitrogens with zero attached hydrogens (tertiary/aromatic N) is 3. The largest absolute Gasteiger partial charge is 0.489 e. The lowest BCUT2D eigenvalue weighted by molar-refractivity contribution is -0.164. The van der Waals surface area contributed by atoms with Crippen LogP contribution in [-0.2, 0) is 20.8 Å². The summed E-state index contributed by atoms with van der Waals surface area (Å²) in [5.74, 6) is 0.698. The van der Waals surface area contributed by atoms with Crippen molar-refractivity contribution in [2.75, 3.05) is 31.7 Å². The van der Waals surface area contributed by atoms with Crippen LogP contribution in [0.3, 0.4) is 0 Å². The molecular weight excluding hydrogens is 568 g/mol. The lowest BCUT2D eigenvalue weighted by atomic mass is 9.76. The average Bonchev–Trinajstić information content (AvgIpc) is 3.44. The van der Waals surface area contributed by atoms with Crippen molar-refractivity contribution in [1.29, 1.82) is 0 Å². The Balaban J connectivity index is 1.75. The molecule has 45 heavy (non-hydrogen) atoms. The maximum absolute atomic E-state index is 13.5. The first-order chi connectivity index (χ1) is 21.4. The Hall–Kier alpha value is -4.11. The number of methoxy groups -OCH3 is 1. The van der Waals surface area contributed by atoms with E-state index in [9.17, 15) is 9.59 Å². The first-order valence-electron chi connectivity index (χ1n) is 15.6. The molecule has 1 aromatic carbocycles. The number of amides is 1. The van der Waals surface area contributed by atoms with E-state index in [0.29, 0.717) is 18.0 Å². The summed E-state index contributed by atoms with van der Waals surface area (Å²) in [5.41, 5.74) is 2.88. The molecule has 4 rings (SSSR count). The smallest absolute Gasteiger partial charge is 0.339 e. The van der Waals surface area contributed by atoms with E-state index in [1.54, 1.807) is 12.3 Å². The summed E-state index contributed by atoms with van der Waals surface area (Å²) in [6, 6.07) is 9.47. The lowest BCUT2D eigenvalue weighted by Gasteiger charge is -2.42. The normalized spacial score (nSPS) is 15.4. The van der Waals surface area contributed by atoms with Crippen LogP contribution in [0.4, 0.5) is 5.82 Å². The van der Waals surface area contributed by atoms with Gasteiger partial charge in [-0.2, -0.15) is 0 Å². The molecule has 1 aliphatic heterocycles. The molecule has 9 heteroatoms. The number of pyridine rings is 1. The monoisotopic (exact) mass is 616 g/mol. The second-order valence-corrected chi connectivity index (χ2v) is 13.1. The van der Waals surface area contributed by atoms with Crippen molar-refractivity contribution in [2.45, 2.75) is 78.6 Å². The van der Waals surface area contributed by atoms with Gasteiger partial charge in [0.1, 0.15) is 29.5 Å². The van der Waals surface area contributed by atoms with Crippen LogP contribution in [0.1, 0.15) is 86.7 Å². The molecule has 0 spiro atoms. The molecule has 3 aromatic rings. The van der Waals surface area contributed by atoms with Crippen molar-refractivity contribution < 1.29 is 23.8 Å². The van der Waals surface area contributed by atoms with Gasteiger partial charge < -0.3 is 24.4 Å². The SMILES string of the molecule is C=CCCC1(C)CCN(c2c(C(OC(C)(C)C)C(=O)OC)c(C)cc3nc(C(=O)NCc4ccccc4OCC=C)cn23)CC1. The zero-order chi connectivity index (χ0) is 32.8. The van der Waals surface area contributed by atoms with Crippen LogP contribution in [0.15, 0.2) is 61.8 Å². The molecule has 0 radical (unpaired) electrons. The number of benzene rings is 1. The van der Waals surface area contributed by atoms with Gasteiger partial charge in [0, 0.05) is 37.0 Å². The van der Waals surface area contributed by atoms with E-state index < -0.39 is 17.7 Å². The van der Waals surface area contributed by atoms with Crippen molar-refractivity contribution in [3.8, 4) is 5.75 Å². The molecule has 2 aromatic heterocycles. The molecule has 1 N–H and O–H groups in total. The number of carbonyl (C=O) groups is 2. The molecule has 3 heterocycles. The van der Waals surface area contributed by atoms with E-state index in [2.05, 4.69) is 30.3 Å². The third kappa shape index (κ3) is 8.14. The Morgan fingerprint density at radius 3 is 2.51 bits per heavy atom. The van der Waals surface area contributed by atoms with Crippen molar-refractivity contribution in [3.05, 3.63) is 84.2 Å². The summed E-state index contributed by atoms with van der Waals surface area (Å²) >= 11 is 0. The number of rotatable bonds is 13. The van der Waals surface area contributed by atoms with Gasteiger partial charge in [-0.05, 0) is 76.5 Å². The van der Waals surface area contributed by atoms with Gasteiger partial charge in [-0.3, -0.25) is 9.20 Å². The Bertz CT molecular complexity index is 1530. The number of imidazole rings is 1. The van der Waals surface area contributed by atoms with Gasteiger partial charge in [-0.1, -0.05) is 43.9 Å². The number of piperidine rings is 1. The molecule has 1 amide bonds. The number of para-hydroxylation sites is 1. The highest BCUT2D eigenvalue weighted by atomic mass is 16.6. The zero-order valence-electron chi connectivity index (χ0n) is 27.7. The molecule has 9 nitrogen and oxygen atoms in total. The van der Waals surface area contributed by atoms with E-state index in [1.165, 1.54) is 7.11 Å². The Morgan fingerprint density at radius 2 is 1.87 bits per heavy atom. The molecule has 1 unspecified atom stereocenters. The van der Waals surface area contributed by atoms with Crippen LogP contribution in [0.5, 0.6) is 5.75 Å². The molecule has 0 bridgehead atoms. The van der Waals surface area contributed by atoms with E-state index in [4.69, 9.17) is 19.2 Å².